The predicted octanol–water partition coefficient (Wildman–Crippen LogP) is 4.05. The van der Waals surface area contributed by atoms with Crippen LogP contribution < -0.4 is 9.47 Å². The number of benzene rings is 3. The Morgan fingerprint density at radius 1 is 0.850 bits per heavy atom. The zero-order valence-electron chi connectivity index (χ0n) is 20.7. The minimum atomic E-state index is -4.39. The average Bonchev–Trinajstić information content (AvgIpc) is 3.61. The van der Waals surface area contributed by atoms with Gasteiger partial charge in [-0.2, -0.15) is 8.42 Å². The van der Waals surface area contributed by atoms with Gasteiger partial charge < -0.3 is 18.9 Å². The smallest absolute Gasteiger partial charge is 0.338 e. The van der Waals surface area contributed by atoms with Crippen LogP contribution in [0.2, 0.25) is 0 Å². The standard InChI is InChI=1S/C27H21NO11S/c29-25-22-9-5-19(12-16(22)14-35-25)37-27(38-20-6-10-23-17(13-20)15-36-26(23)30)11-1-2-24(27)39-40(33,34)21-7-3-18(4-8-21)28(31)32/h3-10,12-13,24H,1-2,11,14-15H2. The second-order valence-electron chi connectivity index (χ2n) is 9.49. The van der Waals surface area contributed by atoms with Gasteiger partial charge in [0.2, 0.25) is 0 Å². The summed E-state index contributed by atoms with van der Waals surface area (Å²) in [5.74, 6) is -1.90. The van der Waals surface area contributed by atoms with E-state index in [1.54, 1.807) is 36.4 Å². The van der Waals surface area contributed by atoms with Crippen LogP contribution in [0.3, 0.4) is 0 Å². The Labute approximate surface area is 227 Å². The molecule has 0 N–H and O–H groups in total. The minimum Gasteiger partial charge on any atom is -0.457 e. The van der Waals surface area contributed by atoms with Gasteiger partial charge in [0.1, 0.15) is 24.7 Å². The quantitative estimate of drug-likeness (QED) is 0.127. The van der Waals surface area contributed by atoms with Gasteiger partial charge in [-0.3, -0.25) is 14.3 Å². The van der Waals surface area contributed by atoms with Crippen molar-refractivity contribution in [3.63, 3.8) is 0 Å². The fourth-order valence-corrected chi connectivity index (χ4v) is 6.11. The molecule has 40 heavy (non-hydrogen) atoms. The number of carbonyl (C=O) groups excluding carboxylic acids is 2. The van der Waals surface area contributed by atoms with E-state index in [2.05, 4.69) is 0 Å². The van der Waals surface area contributed by atoms with Crippen LogP contribution in [-0.4, -0.2) is 37.2 Å². The molecule has 6 rings (SSSR count). The van der Waals surface area contributed by atoms with Gasteiger partial charge in [-0.1, -0.05) is 0 Å². The van der Waals surface area contributed by atoms with Gasteiger partial charge in [0.25, 0.3) is 21.6 Å². The van der Waals surface area contributed by atoms with Gasteiger partial charge in [-0.05, 0) is 61.4 Å². The van der Waals surface area contributed by atoms with Crippen LogP contribution in [0.5, 0.6) is 11.5 Å². The van der Waals surface area contributed by atoms with Crippen molar-refractivity contribution in [2.45, 2.75) is 49.3 Å². The molecule has 0 saturated heterocycles. The zero-order valence-corrected chi connectivity index (χ0v) is 21.5. The number of ether oxygens (including phenoxy) is 4. The van der Waals surface area contributed by atoms with Crippen LogP contribution in [0.1, 0.15) is 51.1 Å². The number of hydrogen-bond acceptors (Lipinski definition) is 11. The van der Waals surface area contributed by atoms with E-state index >= 15 is 0 Å². The summed E-state index contributed by atoms with van der Waals surface area (Å²) in [6.45, 7) is 0.152. The van der Waals surface area contributed by atoms with E-state index in [4.69, 9.17) is 23.1 Å². The maximum atomic E-state index is 13.2. The van der Waals surface area contributed by atoms with E-state index in [0.717, 1.165) is 24.3 Å². The number of fused-ring (bicyclic) bond motifs is 2. The van der Waals surface area contributed by atoms with Crippen molar-refractivity contribution in [3.05, 3.63) is 93.0 Å². The maximum Gasteiger partial charge on any atom is 0.338 e. The first-order valence-corrected chi connectivity index (χ1v) is 13.7. The molecule has 2 aliphatic heterocycles. The first-order chi connectivity index (χ1) is 19.1. The van der Waals surface area contributed by atoms with Crippen LogP contribution in [0.15, 0.2) is 65.6 Å². The number of nitro benzene ring substituents is 1. The number of rotatable bonds is 8. The van der Waals surface area contributed by atoms with E-state index in [1.165, 1.54) is 0 Å². The van der Waals surface area contributed by atoms with Crippen LogP contribution in [0, 0.1) is 10.1 Å². The monoisotopic (exact) mass is 567 g/mol. The lowest BCUT2D eigenvalue weighted by Crippen LogP contribution is -2.51. The molecular weight excluding hydrogens is 546 g/mol. The third-order valence-corrected chi connectivity index (χ3v) is 8.29. The molecule has 1 atom stereocenters. The lowest BCUT2D eigenvalue weighted by atomic mass is 10.1. The van der Waals surface area contributed by atoms with Crippen molar-refractivity contribution < 1.29 is 46.1 Å². The third kappa shape index (κ3) is 4.62. The Bertz CT molecular complexity index is 1580. The minimum absolute atomic E-state index is 0.0759. The maximum absolute atomic E-state index is 13.2. The summed E-state index contributed by atoms with van der Waals surface area (Å²) < 4.78 is 54.9. The molecule has 0 spiro atoms. The lowest BCUT2D eigenvalue weighted by molar-refractivity contribution is -0.384. The number of nitrogens with zero attached hydrogens (tertiary/aromatic N) is 1. The number of non-ortho nitro benzene ring substituents is 1. The average molecular weight is 568 g/mol. The summed E-state index contributed by atoms with van der Waals surface area (Å²) in [5, 5.41) is 11.0. The van der Waals surface area contributed by atoms with Gasteiger partial charge in [-0.25, -0.2) is 9.59 Å². The van der Waals surface area contributed by atoms with Gasteiger partial charge >= 0.3 is 11.9 Å². The first-order valence-electron chi connectivity index (χ1n) is 12.3. The van der Waals surface area contributed by atoms with E-state index in [-0.39, 0.29) is 36.6 Å². The van der Waals surface area contributed by atoms with Crippen molar-refractivity contribution in [1.29, 1.82) is 0 Å². The highest BCUT2D eigenvalue weighted by Gasteiger charge is 2.51. The molecule has 2 heterocycles. The van der Waals surface area contributed by atoms with E-state index in [1.807, 2.05) is 0 Å². The van der Waals surface area contributed by atoms with Crippen LogP contribution in [0.25, 0.3) is 0 Å². The van der Waals surface area contributed by atoms with E-state index in [9.17, 15) is 28.1 Å². The highest BCUT2D eigenvalue weighted by molar-refractivity contribution is 7.86. The number of hydrogen-bond donors (Lipinski definition) is 0. The van der Waals surface area contributed by atoms with Crippen LogP contribution >= 0.6 is 0 Å². The molecule has 3 aliphatic rings. The normalized spacial score (nSPS) is 18.9. The Balaban J connectivity index is 1.34. The SMILES string of the molecule is O=C1OCc2cc(OC3(Oc4ccc5c(c4)COC5=O)CCCC3OS(=O)(=O)c3ccc([N+](=O)[O-])cc3)ccc21. The topological polar surface area (TPSA) is 158 Å². The molecule has 1 fully saturated rings. The Hall–Kier alpha value is -4.49. The second kappa shape index (κ2) is 9.61. The molecule has 1 aliphatic carbocycles. The van der Waals surface area contributed by atoms with Crippen molar-refractivity contribution >= 4 is 27.7 Å². The van der Waals surface area contributed by atoms with Crippen molar-refractivity contribution in [2.75, 3.05) is 0 Å². The zero-order chi connectivity index (χ0) is 28.1. The fourth-order valence-electron chi connectivity index (χ4n) is 4.98. The molecule has 13 heteroatoms. The molecule has 0 aromatic heterocycles. The predicted molar refractivity (Wildman–Crippen MR) is 134 cm³/mol. The summed E-state index contributed by atoms with van der Waals surface area (Å²) in [7, 11) is -4.39. The van der Waals surface area contributed by atoms with Crippen LogP contribution in [0.4, 0.5) is 5.69 Å². The Kier molecular flexibility index (Phi) is 6.19. The highest BCUT2D eigenvalue weighted by Crippen LogP contribution is 2.41. The second-order valence-corrected chi connectivity index (χ2v) is 11.1. The van der Waals surface area contributed by atoms with Crippen molar-refractivity contribution in [2.24, 2.45) is 0 Å². The molecular formula is C27H21NO11S. The summed E-state index contributed by atoms with van der Waals surface area (Å²) in [5.41, 5.74) is 1.77. The van der Waals surface area contributed by atoms with E-state index < -0.39 is 38.9 Å². The van der Waals surface area contributed by atoms with Gasteiger partial charge in [-0.15, -0.1) is 0 Å². The summed E-state index contributed by atoms with van der Waals surface area (Å²) in [6.07, 6.45) is -0.137. The fraction of sp³-hybridized carbons (Fsp3) is 0.259. The molecule has 3 aromatic rings. The summed E-state index contributed by atoms with van der Waals surface area (Å²) in [4.78, 5) is 33.9. The molecule has 0 amide bonds. The van der Waals surface area contributed by atoms with Gasteiger partial charge in [0.05, 0.1) is 20.9 Å². The molecule has 0 radical (unpaired) electrons. The number of esters is 2. The number of cyclic esters (lactones) is 2. The molecule has 3 aromatic carbocycles. The number of carbonyl (C=O) groups is 2. The van der Waals surface area contributed by atoms with Crippen molar-refractivity contribution in [1.82, 2.24) is 0 Å². The molecule has 1 unspecified atom stereocenters. The molecule has 12 nitrogen and oxygen atoms in total. The van der Waals surface area contributed by atoms with E-state index in [0.29, 0.717) is 40.2 Å². The summed E-state index contributed by atoms with van der Waals surface area (Å²) >= 11 is 0. The lowest BCUT2D eigenvalue weighted by Gasteiger charge is -2.35. The molecule has 206 valence electrons. The van der Waals surface area contributed by atoms with Gasteiger partial charge in [0, 0.05) is 29.7 Å². The third-order valence-electron chi connectivity index (χ3n) is 6.95. The molecule has 0 bridgehead atoms. The van der Waals surface area contributed by atoms with Gasteiger partial charge in [0.15, 0.2) is 6.10 Å². The summed E-state index contributed by atoms with van der Waals surface area (Å²) in [6, 6.07) is 13.8. The number of nitro groups is 1. The first kappa shape index (κ1) is 25.8. The Morgan fingerprint density at radius 2 is 1.40 bits per heavy atom. The largest absolute Gasteiger partial charge is 0.457 e. The van der Waals surface area contributed by atoms with Crippen LogP contribution in [-0.2, 0) is 37.0 Å². The molecule has 1 saturated carbocycles. The highest BCUT2D eigenvalue weighted by atomic mass is 32.2. The van der Waals surface area contributed by atoms with Crippen molar-refractivity contribution in [3.8, 4) is 11.5 Å². The Morgan fingerprint density at radius 3 is 1.93 bits per heavy atom.